The van der Waals surface area contributed by atoms with Gasteiger partial charge in [0.2, 0.25) is 11.9 Å². The van der Waals surface area contributed by atoms with Crippen LogP contribution in [-0.4, -0.2) is 73.4 Å². The van der Waals surface area contributed by atoms with Crippen molar-refractivity contribution in [3.8, 4) is 17.2 Å². The number of piperidine rings is 1. The van der Waals surface area contributed by atoms with Crippen molar-refractivity contribution in [1.29, 1.82) is 0 Å². The lowest BCUT2D eigenvalue weighted by Gasteiger charge is -2.38. The van der Waals surface area contributed by atoms with Gasteiger partial charge in [0.15, 0.2) is 22.8 Å². The second-order valence-electron chi connectivity index (χ2n) is 10.6. The van der Waals surface area contributed by atoms with Crippen molar-refractivity contribution in [2.45, 2.75) is 39.7 Å². The zero-order valence-corrected chi connectivity index (χ0v) is 23.4. The highest BCUT2D eigenvalue weighted by Gasteiger charge is 2.37. The molecule has 0 radical (unpaired) electrons. The van der Waals surface area contributed by atoms with E-state index in [0.717, 1.165) is 11.4 Å². The number of carbonyl (C=O) groups excluding carboxylic acids is 1. The summed E-state index contributed by atoms with van der Waals surface area (Å²) in [6, 6.07) is 7.69. The third-order valence-electron chi connectivity index (χ3n) is 7.55. The Morgan fingerprint density at radius 2 is 1.87 bits per heavy atom. The van der Waals surface area contributed by atoms with E-state index < -0.39 is 5.41 Å². The van der Waals surface area contributed by atoms with Crippen LogP contribution in [0.5, 0.6) is 0 Å². The van der Waals surface area contributed by atoms with Crippen molar-refractivity contribution < 1.29 is 9.90 Å². The Hall–Kier alpha value is -3.70. The van der Waals surface area contributed by atoms with Crippen LogP contribution in [0, 0.1) is 5.41 Å². The number of nitrogens with two attached hydrogens (primary N) is 1. The highest BCUT2D eigenvalue weighted by Crippen LogP contribution is 2.37. The van der Waals surface area contributed by atoms with Gasteiger partial charge in [-0.2, -0.15) is 9.97 Å². The predicted molar refractivity (Wildman–Crippen MR) is 152 cm³/mol. The Labute approximate surface area is 232 Å². The summed E-state index contributed by atoms with van der Waals surface area (Å²) in [6.45, 7) is 7.64. The number of hydrogen-bond donors (Lipinski definition) is 2. The molecule has 3 N–H and O–H groups in total. The minimum atomic E-state index is -0.559. The average molecular weight is 552 g/mol. The largest absolute Gasteiger partial charge is 0.395 e. The number of likely N-dealkylation sites (N-methyl/N-ethyl adjacent to an activating group) is 1. The maximum Gasteiger partial charge on any atom is 0.229 e. The summed E-state index contributed by atoms with van der Waals surface area (Å²) in [5.41, 5.74) is 8.10. The van der Waals surface area contributed by atoms with Crippen LogP contribution in [0.3, 0.4) is 0 Å². The second kappa shape index (κ2) is 10.5. The fourth-order valence-electron chi connectivity index (χ4n) is 4.93. The number of imidazole rings is 2. The SMILES string of the molecule is CC(C)n1cncc1-c1nc2c(N3CCC(C)(C(N)=O)CC3)nc(N(C)CCO)nc2n1-c1ccc(Cl)cc1. The molecule has 1 amide bonds. The number of benzene rings is 1. The van der Waals surface area contributed by atoms with Gasteiger partial charge in [0.05, 0.1) is 19.1 Å². The zero-order chi connectivity index (χ0) is 27.9. The minimum absolute atomic E-state index is 0.0385. The summed E-state index contributed by atoms with van der Waals surface area (Å²) in [5.74, 6) is 1.54. The van der Waals surface area contributed by atoms with E-state index in [9.17, 15) is 9.90 Å². The van der Waals surface area contributed by atoms with Crippen LogP contribution >= 0.6 is 11.6 Å². The highest BCUT2D eigenvalue weighted by molar-refractivity contribution is 6.30. The van der Waals surface area contributed by atoms with Gasteiger partial charge in [-0.05, 0) is 51.0 Å². The monoisotopic (exact) mass is 551 g/mol. The van der Waals surface area contributed by atoms with Gasteiger partial charge in [-0.3, -0.25) is 9.36 Å². The molecule has 0 atom stereocenters. The summed E-state index contributed by atoms with van der Waals surface area (Å²) in [6.07, 6.45) is 4.83. The van der Waals surface area contributed by atoms with Gasteiger partial charge in [0.25, 0.3) is 0 Å². The van der Waals surface area contributed by atoms with Crippen LogP contribution in [0.4, 0.5) is 11.8 Å². The maximum absolute atomic E-state index is 12.1. The van der Waals surface area contributed by atoms with Crippen LogP contribution in [-0.2, 0) is 4.79 Å². The summed E-state index contributed by atoms with van der Waals surface area (Å²) >= 11 is 6.24. The number of aliphatic hydroxyl groups is 1. The van der Waals surface area contributed by atoms with Gasteiger partial charge in [-0.25, -0.2) is 9.97 Å². The first kappa shape index (κ1) is 26.9. The molecule has 206 valence electrons. The molecule has 0 unspecified atom stereocenters. The van der Waals surface area contributed by atoms with E-state index in [2.05, 4.69) is 28.3 Å². The third-order valence-corrected chi connectivity index (χ3v) is 7.80. The fourth-order valence-corrected chi connectivity index (χ4v) is 5.05. The lowest BCUT2D eigenvalue weighted by molar-refractivity contribution is -0.127. The topological polar surface area (TPSA) is 131 Å². The van der Waals surface area contributed by atoms with E-state index in [1.165, 1.54) is 0 Å². The molecule has 0 bridgehead atoms. The average Bonchev–Trinajstić information content (AvgIpc) is 3.54. The molecule has 1 aliphatic heterocycles. The van der Waals surface area contributed by atoms with Gasteiger partial charge in [0.1, 0.15) is 5.69 Å². The van der Waals surface area contributed by atoms with Crippen LogP contribution in [0.1, 0.15) is 39.7 Å². The number of primary amides is 1. The van der Waals surface area contributed by atoms with E-state index >= 15 is 0 Å². The molecule has 12 heteroatoms. The smallest absolute Gasteiger partial charge is 0.229 e. The third kappa shape index (κ3) is 4.92. The summed E-state index contributed by atoms with van der Waals surface area (Å²) in [5, 5.41) is 10.2. The number of carbonyl (C=O) groups is 1. The fraction of sp³-hybridized carbons (Fsp3) is 0.444. The standard InChI is InChI=1S/C27H34ClN9O2/c1-17(2)36-16-30-15-20(36)22-31-21-23(35-11-9-27(3,10-12-35)25(29)39)32-26(34(4)13-14-38)33-24(21)37(22)19-7-5-18(28)6-8-19/h5-8,15-17,38H,9-14H2,1-4H3,(H2,29,39). The highest BCUT2D eigenvalue weighted by atomic mass is 35.5. The number of aromatic nitrogens is 6. The first-order chi connectivity index (χ1) is 18.6. The number of aliphatic hydroxyl groups excluding tert-OH is 1. The number of halogens is 1. The van der Waals surface area contributed by atoms with Gasteiger partial charge >= 0.3 is 0 Å². The first-order valence-electron chi connectivity index (χ1n) is 13.1. The Balaban J connectivity index is 1.76. The van der Waals surface area contributed by atoms with Crippen LogP contribution < -0.4 is 15.5 Å². The quantitative estimate of drug-likeness (QED) is 0.340. The van der Waals surface area contributed by atoms with Crippen LogP contribution in [0.2, 0.25) is 5.02 Å². The Morgan fingerprint density at radius 3 is 2.49 bits per heavy atom. The first-order valence-corrected chi connectivity index (χ1v) is 13.5. The van der Waals surface area contributed by atoms with E-state index in [1.807, 2.05) is 47.7 Å². The maximum atomic E-state index is 12.1. The molecule has 1 aromatic carbocycles. The molecule has 1 saturated heterocycles. The van der Waals surface area contributed by atoms with Gasteiger partial charge in [0, 0.05) is 48.8 Å². The minimum Gasteiger partial charge on any atom is -0.395 e. The predicted octanol–water partition coefficient (Wildman–Crippen LogP) is 3.43. The normalized spacial score (nSPS) is 15.3. The number of hydrogen-bond acceptors (Lipinski definition) is 8. The Bertz CT molecular complexity index is 1490. The summed E-state index contributed by atoms with van der Waals surface area (Å²) in [7, 11) is 1.85. The summed E-state index contributed by atoms with van der Waals surface area (Å²) in [4.78, 5) is 35.5. The molecular formula is C27H34ClN9O2. The molecule has 1 aliphatic rings. The number of amides is 1. The van der Waals surface area contributed by atoms with Crippen molar-refractivity contribution in [1.82, 2.24) is 29.1 Å². The van der Waals surface area contributed by atoms with Crippen molar-refractivity contribution in [3.05, 3.63) is 41.8 Å². The van der Waals surface area contributed by atoms with Gasteiger partial charge in [-0.15, -0.1) is 0 Å². The van der Waals surface area contributed by atoms with Crippen molar-refractivity contribution in [2.75, 3.05) is 43.1 Å². The molecule has 4 heterocycles. The number of fused-ring (bicyclic) bond motifs is 1. The molecule has 3 aromatic heterocycles. The van der Waals surface area contributed by atoms with Gasteiger partial charge in [-0.1, -0.05) is 18.5 Å². The molecule has 0 saturated carbocycles. The summed E-state index contributed by atoms with van der Waals surface area (Å²) < 4.78 is 4.07. The van der Waals surface area contributed by atoms with Crippen molar-refractivity contribution in [2.24, 2.45) is 11.1 Å². The molecule has 4 aromatic rings. The number of nitrogens with zero attached hydrogens (tertiary/aromatic N) is 8. The molecule has 11 nitrogen and oxygen atoms in total. The van der Waals surface area contributed by atoms with Gasteiger partial charge < -0.3 is 25.2 Å². The van der Waals surface area contributed by atoms with E-state index in [1.54, 1.807) is 12.5 Å². The van der Waals surface area contributed by atoms with E-state index in [-0.39, 0.29) is 18.6 Å². The molecule has 1 fully saturated rings. The van der Waals surface area contributed by atoms with E-state index in [4.69, 9.17) is 32.3 Å². The molecule has 0 spiro atoms. The zero-order valence-electron chi connectivity index (χ0n) is 22.7. The molecular weight excluding hydrogens is 518 g/mol. The van der Waals surface area contributed by atoms with Crippen molar-refractivity contribution >= 4 is 40.4 Å². The number of rotatable bonds is 8. The molecule has 5 rings (SSSR count). The lowest BCUT2D eigenvalue weighted by atomic mass is 9.80. The number of anilines is 2. The van der Waals surface area contributed by atoms with E-state index in [0.29, 0.717) is 66.3 Å². The lowest BCUT2D eigenvalue weighted by Crippen LogP contribution is -2.45. The van der Waals surface area contributed by atoms with Crippen LogP contribution in [0.25, 0.3) is 28.4 Å². The van der Waals surface area contributed by atoms with Crippen LogP contribution in [0.15, 0.2) is 36.8 Å². The Morgan fingerprint density at radius 1 is 1.18 bits per heavy atom. The Kier molecular flexibility index (Phi) is 7.21. The second-order valence-corrected chi connectivity index (χ2v) is 11.0. The molecule has 39 heavy (non-hydrogen) atoms. The molecule has 0 aliphatic carbocycles. The van der Waals surface area contributed by atoms with Crippen molar-refractivity contribution in [3.63, 3.8) is 0 Å².